The highest BCUT2D eigenvalue weighted by atomic mass is 32.2. The van der Waals surface area contributed by atoms with Gasteiger partial charge in [-0.25, -0.2) is 0 Å². The summed E-state index contributed by atoms with van der Waals surface area (Å²) >= 11 is 10.7. The van der Waals surface area contributed by atoms with Crippen molar-refractivity contribution in [3.63, 3.8) is 0 Å². The highest BCUT2D eigenvalue weighted by molar-refractivity contribution is 8.14. The number of thioether (sulfide) groups is 1. The summed E-state index contributed by atoms with van der Waals surface area (Å²) in [6.07, 6.45) is 1.78. The first-order chi connectivity index (χ1) is 8.56. The van der Waals surface area contributed by atoms with Crippen LogP contribution in [-0.4, -0.2) is 21.5 Å². The highest BCUT2D eigenvalue weighted by Gasteiger charge is 2.07. The fourth-order valence-electron chi connectivity index (χ4n) is 1.43. The Morgan fingerprint density at radius 3 is 2.72 bits per heavy atom. The fraction of sp³-hybridized carbons (Fsp3) is 0.286. The van der Waals surface area contributed by atoms with Gasteiger partial charge in [-0.05, 0) is 36.8 Å². The van der Waals surface area contributed by atoms with Gasteiger partial charge in [0.1, 0.15) is 0 Å². The van der Waals surface area contributed by atoms with Crippen LogP contribution in [-0.2, 0) is 4.79 Å². The molecule has 0 atom stereocenters. The lowest BCUT2D eigenvalue weighted by atomic mass is 10.0. The summed E-state index contributed by atoms with van der Waals surface area (Å²) in [6.45, 7) is 3.82. The third-order valence-electron chi connectivity index (χ3n) is 2.40. The van der Waals surface area contributed by atoms with Crippen molar-refractivity contribution in [2.75, 3.05) is 11.5 Å². The van der Waals surface area contributed by atoms with Gasteiger partial charge in [0.05, 0.1) is 0 Å². The van der Waals surface area contributed by atoms with E-state index in [0.29, 0.717) is 16.2 Å². The van der Waals surface area contributed by atoms with Crippen molar-refractivity contribution in [3.05, 3.63) is 47.0 Å². The lowest BCUT2D eigenvalue weighted by Crippen LogP contribution is -2.02. The summed E-state index contributed by atoms with van der Waals surface area (Å²) in [5.41, 5.74) is 2.83. The molecule has 0 aromatic heterocycles. The number of hydrogen-bond donors (Lipinski definition) is 1. The molecule has 0 aliphatic heterocycles. The molecular formula is C14H16OS3. The van der Waals surface area contributed by atoms with Gasteiger partial charge in [-0.2, -0.15) is 12.6 Å². The average Bonchev–Trinajstić information content (AvgIpc) is 2.36. The van der Waals surface area contributed by atoms with E-state index in [1.165, 1.54) is 11.8 Å². The summed E-state index contributed by atoms with van der Waals surface area (Å²) in [4.78, 5) is 12.5. The third kappa shape index (κ3) is 4.59. The van der Waals surface area contributed by atoms with Gasteiger partial charge in [-0.15, -0.1) is 0 Å². The van der Waals surface area contributed by atoms with E-state index in [1.54, 1.807) is 13.0 Å². The summed E-state index contributed by atoms with van der Waals surface area (Å²) < 4.78 is 0. The van der Waals surface area contributed by atoms with Crippen molar-refractivity contribution < 1.29 is 4.79 Å². The van der Waals surface area contributed by atoms with Gasteiger partial charge >= 0.3 is 0 Å². The van der Waals surface area contributed by atoms with Crippen molar-refractivity contribution in [1.29, 1.82) is 0 Å². The highest BCUT2D eigenvalue weighted by Crippen LogP contribution is 2.14. The zero-order chi connectivity index (χ0) is 13.5. The second kappa shape index (κ2) is 7.77. The van der Waals surface area contributed by atoms with Crippen molar-refractivity contribution in [2.24, 2.45) is 0 Å². The van der Waals surface area contributed by atoms with Gasteiger partial charge < -0.3 is 0 Å². The Hall–Kier alpha value is -0.580. The number of rotatable bonds is 5. The van der Waals surface area contributed by atoms with Crippen LogP contribution in [0.4, 0.5) is 0 Å². The number of hydrogen-bond acceptors (Lipinski definition) is 4. The quantitative estimate of drug-likeness (QED) is 0.385. The number of thiol groups is 1. The van der Waals surface area contributed by atoms with Crippen molar-refractivity contribution in [2.45, 2.75) is 13.8 Å². The predicted octanol–water partition coefficient (Wildman–Crippen LogP) is 3.85. The smallest absolute Gasteiger partial charge is 0.215 e. The topological polar surface area (TPSA) is 17.1 Å². The van der Waals surface area contributed by atoms with E-state index in [4.69, 9.17) is 12.2 Å². The number of thiocarbonyl (C=S) groups is 1. The first-order valence-electron chi connectivity index (χ1n) is 5.62. The maximum atomic E-state index is 11.8. The predicted molar refractivity (Wildman–Crippen MR) is 88.0 cm³/mol. The Labute approximate surface area is 123 Å². The van der Waals surface area contributed by atoms with E-state index >= 15 is 0 Å². The number of aryl methyl sites for hydroxylation is 1. The minimum atomic E-state index is 0.0694. The van der Waals surface area contributed by atoms with Crippen LogP contribution in [0, 0.1) is 6.92 Å². The first kappa shape index (κ1) is 15.5. The molecule has 96 valence electrons. The standard InChI is InChI=1S/C14H16OS3/c1-10-5-3-4-6-12(10)13(17)9-11(2)14(15)18-8-7-16/h3-6,9,16H,7-8H2,1-2H3/b11-9+. The Kier molecular flexibility index (Phi) is 6.68. The van der Waals surface area contributed by atoms with Gasteiger partial charge in [0.25, 0.3) is 0 Å². The van der Waals surface area contributed by atoms with Crippen molar-refractivity contribution in [3.8, 4) is 0 Å². The van der Waals surface area contributed by atoms with Crippen molar-refractivity contribution >= 4 is 46.6 Å². The molecule has 0 spiro atoms. The minimum absolute atomic E-state index is 0.0694. The minimum Gasteiger partial charge on any atom is -0.282 e. The van der Waals surface area contributed by atoms with E-state index < -0.39 is 0 Å². The zero-order valence-electron chi connectivity index (χ0n) is 10.5. The second-order valence-corrected chi connectivity index (χ2v) is 5.82. The molecule has 1 nitrogen and oxygen atoms in total. The molecule has 0 aliphatic rings. The van der Waals surface area contributed by atoms with Crippen LogP contribution >= 0.6 is 36.6 Å². The van der Waals surface area contributed by atoms with Gasteiger partial charge in [0.15, 0.2) is 0 Å². The van der Waals surface area contributed by atoms with Crippen LogP contribution in [0.1, 0.15) is 18.1 Å². The molecule has 0 aliphatic carbocycles. The number of carbonyl (C=O) groups is 1. The second-order valence-electron chi connectivity index (χ2n) is 3.87. The summed E-state index contributed by atoms with van der Waals surface area (Å²) in [5.74, 6) is 1.43. The monoisotopic (exact) mass is 296 g/mol. The Bertz CT molecular complexity index is 478. The van der Waals surface area contributed by atoms with Crippen LogP contribution in [0.5, 0.6) is 0 Å². The summed E-state index contributed by atoms with van der Waals surface area (Å²) in [5, 5.41) is 0.0694. The SMILES string of the molecule is C/C(=C\C(=S)c1ccccc1C)C(=O)SCCS. The number of allylic oxidation sites excluding steroid dienone is 1. The molecular weight excluding hydrogens is 280 g/mol. The number of benzene rings is 1. The lowest BCUT2D eigenvalue weighted by molar-refractivity contribution is -0.107. The molecule has 0 unspecified atom stereocenters. The fourth-order valence-corrected chi connectivity index (χ4v) is 2.68. The lowest BCUT2D eigenvalue weighted by Gasteiger charge is -2.05. The third-order valence-corrected chi connectivity index (χ3v) is 4.26. The molecule has 0 bridgehead atoms. The van der Waals surface area contributed by atoms with Gasteiger partial charge in [0, 0.05) is 16.2 Å². The first-order valence-corrected chi connectivity index (χ1v) is 7.65. The molecule has 0 N–H and O–H groups in total. The molecule has 0 saturated carbocycles. The van der Waals surface area contributed by atoms with Crippen LogP contribution in [0.2, 0.25) is 0 Å². The molecule has 0 amide bonds. The zero-order valence-corrected chi connectivity index (χ0v) is 13.0. The van der Waals surface area contributed by atoms with Crippen LogP contribution in [0.15, 0.2) is 35.9 Å². The van der Waals surface area contributed by atoms with E-state index in [-0.39, 0.29) is 5.12 Å². The molecule has 1 aromatic carbocycles. The molecule has 1 aromatic rings. The maximum absolute atomic E-state index is 11.8. The molecule has 18 heavy (non-hydrogen) atoms. The normalized spacial score (nSPS) is 11.4. The largest absolute Gasteiger partial charge is 0.282 e. The summed E-state index contributed by atoms with van der Waals surface area (Å²) in [6, 6.07) is 7.93. The van der Waals surface area contributed by atoms with Crippen LogP contribution in [0.25, 0.3) is 0 Å². The van der Waals surface area contributed by atoms with Crippen molar-refractivity contribution in [1.82, 2.24) is 0 Å². The Morgan fingerprint density at radius 1 is 1.44 bits per heavy atom. The Morgan fingerprint density at radius 2 is 2.11 bits per heavy atom. The van der Waals surface area contributed by atoms with Gasteiger partial charge in [0.2, 0.25) is 5.12 Å². The van der Waals surface area contributed by atoms with E-state index in [9.17, 15) is 4.79 Å². The Balaban J connectivity index is 2.80. The van der Waals surface area contributed by atoms with E-state index in [2.05, 4.69) is 12.6 Å². The van der Waals surface area contributed by atoms with Crippen LogP contribution in [0.3, 0.4) is 0 Å². The van der Waals surface area contributed by atoms with Crippen LogP contribution < -0.4 is 0 Å². The maximum Gasteiger partial charge on any atom is 0.215 e. The molecule has 4 heteroatoms. The van der Waals surface area contributed by atoms with Gasteiger partial charge in [-0.1, -0.05) is 48.2 Å². The molecule has 0 saturated heterocycles. The van der Waals surface area contributed by atoms with Gasteiger partial charge in [-0.3, -0.25) is 4.79 Å². The molecule has 1 rings (SSSR count). The average molecular weight is 296 g/mol. The molecule has 0 heterocycles. The van der Waals surface area contributed by atoms with E-state index in [0.717, 1.165) is 16.9 Å². The van der Waals surface area contributed by atoms with E-state index in [1.807, 2.05) is 31.2 Å². The number of carbonyl (C=O) groups excluding carboxylic acids is 1. The summed E-state index contributed by atoms with van der Waals surface area (Å²) in [7, 11) is 0. The molecule has 0 fully saturated rings. The molecule has 0 radical (unpaired) electrons.